The van der Waals surface area contributed by atoms with E-state index < -0.39 is 12.1 Å². The maximum absolute atomic E-state index is 11.6. The SMILES string of the molecule is CCCCCCC[C@H](O)CC(=O)N[C@H]1CCOC1=O. The van der Waals surface area contributed by atoms with Crippen LogP contribution in [-0.2, 0) is 14.3 Å². The molecule has 1 rings (SSSR count). The summed E-state index contributed by atoms with van der Waals surface area (Å²) in [7, 11) is 0. The third-order valence-corrected chi connectivity index (χ3v) is 3.33. The number of aliphatic hydroxyl groups excluding tert-OH is 1. The molecule has 2 N–H and O–H groups in total. The largest absolute Gasteiger partial charge is 0.464 e. The van der Waals surface area contributed by atoms with Crippen LogP contribution >= 0.6 is 0 Å². The second-order valence-electron chi connectivity index (χ2n) is 5.14. The summed E-state index contributed by atoms with van der Waals surface area (Å²) < 4.78 is 4.76. The van der Waals surface area contributed by atoms with Crippen molar-refractivity contribution in [3.05, 3.63) is 0 Å². The quantitative estimate of drug-likeness (QED) is 0.492. The number of unbranched alkanes of at least 4 members (excludes halogenated alkanes) is 4. The van der Waals surface area contributed by atoms with E-state index in [0.717, 1.165) is 12.8 Å². The molecule has 0 bridgehead atoms. The zero-order valence-corrected chi connectivity index (χ0v) is 11.7. The van der Waals surface area contributed by atoms with Gasteiger partial charge in [-0.2, -0.15) is 0 Å². The molecule has 2 atom stereocenters. The molecule has 5 heteroatoms. The Morgan fingerprint density at radius 1 is 1.42 bits per heavy atom. The molecule has 1 fully saturated rings. The van der Waals surface area contributed by atoms with Gasteiger partial charge >= 0.3 is 5.97 Å². The van der Waals surface area contributed by atoms with Crippen LogP contribution in [0, 0.1) is 0 Å². The summed E-state index contributed by atoms with van der Waals surface area (Å²) in [4.78, 5) is 22.8. The predicted octanol–water partition coefficient (Wildman–Crippen LogP) is 1.53. The van der Waals surface area contributed by atoms with Crippen LogP contribution in [-0.4, -0.2) is 35.7 Å². The van der Waals surface area contributed by atoms with Gasteiger partial charge in [-0.15, -0.1) is 0 Å². The normalized spacial score (nSPS) is 20.1. The molecular formula is C14H25NO4. The number of nitrogens with one attached hydrogen (secondary N) is 1. The predicted molar refractivity (Wildman–Crippen MR) is 71.5 cm³/mol. The van der Waals surface area contributed by atoms with Crippen molar-refractivity contribution < 1.29 is 19.4 Å². The van der Waals surface area contributed by atoms with E-state index in [9.17, 15) is 14.7 Å². The third-order valence-electron chi connectivity index (χ3n) is 3.33. The Hall–Kier alpha value is -1.10. The molecular weight excluding hydrogens is 246 g/mol. The van der Waals surface area contributed by atoms with Crippen LogP contribution in [0.3, 0.4) is 0 Å². The van der Waals surface area contributed by atoms with Gasteiger partial charge in [0.2, 0.25) is 5.91 Å². The molecule has 0 radical (unpaired) electrons. The molecule has 0 aliphatic carbocycles. The minimum Gasteiger partial charge on any atom is -0.464 e. The second-order valence-corrected chi connectivity index (χ2v) is 5.14. The number of carbonyl (C=O) groups is 2. The van der Waals surface area contributed by atoms with Gasteiger partial charge in [-0.05, 0) is 6.42 Å². The number of hydrogen-bond donors (Lipinski definition) is 2. The fourth-order valence-electron chi connectivity index (χ4n) is 2.18. The van der Waals surface area contributed by atoms with Crippen molar-refractivity contribution in [1.82, 2.24) is 5.32 Å². The highest BCUT2D eigenvalue weighted by molar-refractivity contribution is 5.85. The minimum absolute atomic E-state index is 0.0670. The number of amides is 1. The lowest BCUT2D eigenvalue weighted by Crippen LogP contribution is -2.39. The van der Waals surface area contributed by atoms with Gasteiger partial charge in [0, 0.05) is 6.42 Å². The first-order valence-electron chi connectivity index (χ1n) is 7.27. The van der Waals surface area contributed by atoms with Crippen LogP contribution in [0.25, 0.3) is 0 Å². The van der Waals surface area contributed by atoms with Crippen molar-refractivity contribution in [1.29, 1.82) is 0 Å². The number of ether oxygens (including phenoxy) is 1. The zero-order valence-electron chi connectivity index (χ0n) is 11.7. The van der Waals surface area contributed by atoms with Gasteiger partial charge in [0.15, 0.2) is 0 Å². The molecule has 0 aromatic carbocycles. The lowest BCUT2D eigenvalue weighted by Gasteiger charge is -2.12. The number of hydrogen-bond acceptors (Lipinski definition) is 4. The lowest BCUT2D eigenvalue weighted by molar-refractivity contribution is -0.141. The average molecular weight is 271 g/mol. The zero-order chi connectivity index (χ0) is 14.1. The van der Waals surface area contributed by atoms with Gasteiger partial charge in [-0.1, -0.05) is 39.0 Å². The number of aliphatic hydroxyl groups is 1. The molecule has 5 nitrogen and oxygen atoms in total. The molecule has 110 valence electrons. The van der Waals surface area contributed by atoms with Crippen molar-refractivity contribution in [2.45, 2.75) is 70.4 Å². The molecule has 1 saturated heterocycles. The van der Waals surface area contributed by atoms with Crippen molar-refractivity contribution in [2.24, 2.45) is 0 Å². The highest BCUT2D eigenvalue weighted by atomic mass is 16.5. The van der Waals surface area contributed by atoms with E-state index >= 15 is 0 Å². The van der Waals surface area contributed by atoms with Crippen molar-refractivity contribution in [3.63, 3.8) is 0 Å². The Balaban J connectivity index is 2.08. The first-order chi connectivity index (χ1) is 9.13. The van der Waals surface area contributed by atoms with E-state index in [-0.39, 0.29) is 18.3 Å². The van der Waals surface area contributed by atoms with E-state index in [1.807, 2.05) is 0 Å². The standard InChI is InChI=1S/C14H25NO4/c1-2-3-4-5-6-7-11(16)10-13(17)15-12-8-9-19-14(12)18/h11-12,16H,2-10H2,1H3,(H,15,17)/t11-,12-/m0/s1. The highest BCUT2D eigenvalue weighted by Crippen LogP contribution is 2.10. The van der Waals surface area contributed by atoms with Crippen LogP contribution in [0.15, 0.2) is 0 Å². The summed E-state index contributed by atoms with van der Waals surface area (Å²) in [6.07, 6.45) is 6.27. The Labute approximate surface area is 114 Å². The number of rotatable bonds is 9. The third kappa shape index (κ3) is 6.57. The molecule has 0 spiro atoms. The Kier molecular flexibility index (Phi) is 7.48. The molecule has 1 aliphatic heterocycles. The maximum Gasteiger partial charge on any atom is 0.328 e. The van der Waals surface area contributed by atoms with E-state index in [1.54, 1.807) is 0 Å². The van der Waals surface area contributed by atoms with Gasteiger partial charge in [-0.3, -0.25) is 4.79 Å². The summed E-state index contributed by atoms with van der Waals surface area (Å²) in [5.74, 6) is -0.646. The fraction of sp³-hybridized carbons (Fsp3) is 0.857. The van der Waals surface area contributed by atoms with Crippen molar-refractivity contribution in [3.8, 4) is 0 Å². The van der Waals surface area contributed by atoms with Crippen molar-refractivity contribution >= 4 is 11.9 Å². The molecule has 0 unspecified atom stereocenters. The number of carbonyl (C=O) groups excluding carboxylic acids is 2. The Bertz CT molecular complexity index is 293. The van der Waals surface area contributed by atoms with Crippen LogP contribution < -0.4 is 5.32 Å². The van der Waals surface area contributed by atoms with Crippen LogP contribution in [0.2, 0.25) is 0 Å². The second kappa shape index (κ2) is 8.91. The van der Waals surface area contributed by atoms with Crippen LogP contribution in [0.1, 0.15) is 58.3 Å². The van der Waals surface area contributed by atoms with E-state index in [0.29, 0.717) is 19.4 Å². The summed E-state index contributed by atoms with van der Waals surface area (Å²) in [5, 5.41) is 12.3. The van der Waals surface area contributed by atoms with E-state index in [4.69, 9.17) is 4.74 Å². The lowest BCUT2D eigenvalue weighted by atomic mass is 10.1. The van der Waals surface area contributed by atoms with Gasteiger partial charge < -0.3 is 15.2 Å². The molecule has 0 aromatic heterocycles. The number of cyclic esters (lactones) is 1. The topological polar surface area (TPSA) is 75.6 Å². The summed E-state index contributed by atoms with van der Waals surface area (Å²) >= 11 is 0. The van der Waals surface area contributed by atoms with Crippen molar-refractivity contribution in [2.75, 3.05) is 6.61 Å². The van der Waals surface area contributed by atoms with Gasteiger partial charge in [0.25, 0.3) is 0 Å². The summed E-state index contributed by atoms with van der Waals surface area (Å²) in [5.41, 5.74) is 0. The van der Waals surface area contributed by atoms with E-state index in [1.165, 1.54) is 19.3 Å². The average Bonchev–Trinajstić information content (AvgIpc) is 2.74. The van der Waals surface area contributed by atoms with Crippen LogP contribution in [0.4, 0.5) is 0 Å². The smallest absolute Gasteiger partial charge is 0.328 e. The first kappa shape index (κ1) is 16.0. The van der Waals surface area contributed by atoms with Crippen LogP contribution in [0.5, 0.6) is 0 Å². The Morgan fingerprint density at radius 3 is 2.79 bits per heavy atom. The van der Waals surface area contributed by atoms with Gasteiger partial charge in [0.1, 0.15) is 6.04 Å². The summed E-state index contributed by atoms with van der Waals surface area (Å²) in [6, 6.07) is -0.524. The molecule has 1 heterocycles. The minimum atomic E-state index is -0.612. The van der Waals surface area contributed by atoms with Gasteiger partial charge in [-0.25, -0.2) is 4.79 Å². The maximum atomic E-state index is 11.6. The molecule has 19 heavy (non-hydrogen) atoms. The summed E-state index contributed by atoms with van der Waals surface area (Å²) in [6.45, 7) is 2.52. The van der Waals surface area contributed by atoms with Gasteiger partial charge in [0.05, 0.1) is 19.1 Å². The molecule has 0 saturated carbocycles. The monoisotopic (exact) mass is 271 g/mol. The first-order valence-corrected chi connectivity index (χ1v) is 7.27. The highest BCUT2D eigenvalue weighted by Gasteiger charge is 2.28. The molecule has 0 aromatic rings. The molecule has 1 amide bonds. The molecule has 1 aliphatic rings. The van der Waals surface area contributed by atoms with E-state index in [2.05, 4.69) is 12.2 Å². The number of esters is 1. The Morgan fingerprint density at radius 2 is 2.16 bits per heavy atom. The fourth-order valence-corrected chi connectivity index (χ4v) is 2.18.